The van der Waals surface area contributed by atoms with E-state index in [4.69, 9.17) is 0 Å². The number of amides is 1. The van der Waals surface area contributed by atoms with Crippen molar-refractivity contribution in [3.63, 3.8) is 0 Å². The van der Waals surface area contributed by atoms with Crippen LogP contribution in [0.15, 0.2) is 54.6 Å². The van der Waals surface area contributed by atoms with Crippen LogP contribution >= 0.6 is 0 Å². The van der Waals surface area contributed by atoms with Gasteiger partial charge in [0.25, 0.3) is 5.91 Å². The number of nitrogens with zero attached hydrogens (tertiary/aromatic N) is 4. The van der Waals surface area contributed by atoms with Crippen molar-refractivity contribution in [3.05, 3.63) is 66.0 Å². The van der Waals surface area contributed by atoms with Crippen LogP contribution in [0.4, 0.5) is 11.4 Å². The maximum atomic E-state index is 13.1. The molecule has 1 saturated carbocycles. The smallest absolute Gasteiger partial charge is 0.278 e. The number of rotatable bonds is 5. The number of hydrogen-bond acceptors (Lipinski definition) is 4. The summed E-state index contributed by atoms with van der Waals surface area (Å²) in [4.78, 5) is 15.4. The molecule has 1 amide bonds. The lowest BCUT2D eigenvalue weighted by molar-refractivity contribution is 0.102. The predicted octanol–water partition coefficient (Wildman–Crippen LogP) is 4.39. The predicted molar refractivity (Wildman–Crippen MR) is 114 cm³/mol. The van der Waals surface area contributed by atoms with Crippen LogP contribution in [0.3, 0.4) is 0 Å². The molecule has 2 heterocycles. The van der Waals surface area contributed by atoms with Gasteiger partial charge in [0.15, 0.2) is 5.69 Å². The second-order valence-corrected chi connectivity index (χ2v) is 7.90. The first kappa shape index (κ1) is 17.9. The van der Waals surface area contributed by atoms with Crippen molar-refractivity contribution in [1.29, 1.82) is 0 Å². The van der Waals surface area contributed by atoms with Crippen LogP contribution in [0, 0.1) is 0 Å². The van der Waals surface area contributed by atoms with E-state index in [1.807, 2.05) is 47.1 Å². The third-order valence-corrected chi connectivity index (χ3v) is 5.71. The Morgan fingerprint density at radius 1 is 0.931 bits per heavy atom. The molecule has 1 aliphatic carbocycles. The van der Waals surface area contributed by atoms with E-state index in [9.17, 15) is 4.79 Å². The first-order valence-corrected chi connectivity index (χ1v) is 10.5. The van der Waals surface area contributed by atoms with E-state index < -0.39 is 0 Å². The number of carbonyl (C=O) groups excluding carboxylic acids is 1. The maximum Gasteiger partial charge on any atom is 0.278 e. The van der Waals surface area contributed by atoms with E-state index >= 15 is 0 Å². The Hall–Kier alpha value is -3.15. The number of nitrogens with one attached hydrogen (secondary N) is 1. The van der Waals surface area contributed by atoms with Gasteiger partial charge in [-0.05, 0) is 62.4 Å². The Labute approximate surface area is 170 Å². The molecule has 0 spiro atoms. The molecule has 0 unspecified atom stereocenters. The van der Waals surface area contributed by atoms with Crippen LogP contribution in [-0.4, -0.2) is 34.0 Å². The van der Waals surface area contributed by atoms with Gasteiger partial charge in [-0.15, -0.1) is 5.10 Å². The van der Waals surface area contributed by atoms with E-state index in [0.29, 0.717) is 11.6 Å². The van der Waals surface area contributed by atoms with Crippen LogP contribution in [0.5, 0.6) is 0 Å². The second kappa shape index (κ2) is 7.70. The van der Waals surface area contributed by atoms with Crippen LogP contribution < -0.4 is 10.2 Å². The summed E-state index contributed by atoms with van der Waals surface area (Å²) in [5, 5.41) is 11.6. The van der Waals surface area contributed by atoms with Gasteiger partial charge in [0.05, 0.1) is 11.4 Å². The third kappa shape index (κ3) is 3.75. The monoisotopic (exact) mass is 387 g/mol. The number of benzene rings is 2. The third-order valence-electron chi connectivity index (χ3n) is 5.71. The lowest BCUT2D eigenvalue weighted by Gasteiger charge is -2.29. The number of para-hydroxylation sites is 1. The van der Waals surface area contributed by atoms with E-state index in [2.05, 4.69) is 32.7 Å². The molecule has 0 bridgehead atoms. The minimum Gasteiger partial charge on any atom is -0.371 e. The molecule has 1 N–H and O–H groups in total. The quantitative estimate of drug-likeness (QED) is 0.705. The van der Waals surface area contributed by atoms with Gasteiger partial charge in [0, 0.05) is 30.4 Å². The molecule has 29 heavy (non-hydrogen) atoms. The first-order chi connectivity index (χ1) is 14.3. The SMILES string of the molecule is O=C(Nc1cccc(N2CCCCC2)c1)c1nnn(-c2ccccc2)c1C1CC1. The minimum atomic E-state index is -0.190. The summed E-state index contributed by atoms with van der Waals surface area (Å²) in [5.41, 5.74) is 4.25. The first-order valence-electron chi connectivity index (χ1n) is 10.5. The Morgan fingerprint density at radius 2 is 1.69 bits per heavy atom. The summed E-state index contributed by atoms with van der Waals surface area (Å²) in [7, 11) is 0. The van der Waals surface area contributed by atoms with E-state index in [1.165, 1.54) is 19.3 Å². The van der Waals surface area contributed by atoms with Crippen molar-refractivity contribution in [2.75, 3.05) is 23.3 Å². The van der Waals surface area contributed by atoms with E-state index in [-0.39, 0.29) is 5.91 Å². The summed E-state index contributed by atoms with van der Waals surface area (Å²) < 4.78 is 1.82. The lowest BCUT2D eigenvalue weighted by Crippen LogP contribution is -2.29. The van der Waals surface area contributed by atoms with Crippen molar-refractivity contribution in [3.8, 4) is 5.69 Å². The Bertz CT molecular complexity index is 1000. The number of carbonyl (C=O) groups is 1. The van der Waals surface area contributed by atoms with Crippen molar-refractivity contribution in [1.82, 2.24) is 15.0 Å². The van der Waals surface area contributed by atoms with Crippen LogP contribution in [0.25, 0.3) is 5.69 Å². The fourth-order valence-electron chi connectivity index (χ4n) is 4.06. The molecule has 0 radical (unpaired) electrons. The van der Waals surface area contributed by atoms with Crippen LogP contribution in [0.1, 0.15) is 54.2 Å². The number of aromatic nitrogens is 3. The molecule has 0 atom stereocenters. The largest absolute Gasteiger partial charge is 0.371 e. The molecule has 3 aromatic rings. The van der Waals surface area contributed by atoms with Crippen molar-refractivity contribution < 1.29 is 4.79 Å². The zero-order valence-electron chi connectivity index (χ0n) is 16.4. The van der Waals surface area contributed by atoms with Crippen molar-refractivity contribution >= 4 is 17.3 Å². The molecule has 1 aliphatic heterocycles. The lowest BCUT2D eigenvalue weighted by atomic mass is 10.1. The highest BCUT2D eigenvalue weighted by atomic mass is 16.2. The highest BCUT2D eigenvalue weighted by Crippen LogP contribution is 2.42. The minimum absolute atomic E-state index is 0.190. The molecule has 5 rings (SSSR count). The fourth-order valence-corrected chi connectivity index (χ4v) is 4.06. The van der Waals surface area contributed by atoms with Gasteiger partial charge in [0.1, 0.15) is 0 Å². The zero-order valence-corrected chi connectivity index (χ0v) is 16.4. The van der Waals surface area contributed by atoms with Gasteiger partial charge in [-0.1, -0.05) is 29.5 Å². The zero-order chi connectivity index (χ0) is 19.6. The maximum absolute atomic E-state index is 13.1. The fraction of sp³-hybridized carbons (Fsp3) is 0.348. The highest BCUT2D eigenvalue weighted by Gasteiger charge is 2.34. The normalized spacial score (nSPS) is 16.6. The molecule has 2 aromatic carbocycles. The summed E-state index contributed by atoms with van der Waals surface area (Å²) in [6.07, 6.45) is 5.90. The van der Waals surface area contributed by atoms with Crippen molar-refractivity contribution in [2.24, 2.45) is 0 Å². The van der Waals surface area contributed by atoms with Gasteiger partial charge in [-0.3, -0.25) is 4.79 Å². The molecule has 148 valence electrons. The summed E-state index contributed by atoms with van der Waals surface area (Å²) in [5.74, 6) is 0.163. The molecular weight excluding hydrogens is 362 g/mol. The summed E-state index contributed by atoms with van der Waals surface area (Å²) >= 11 is 0. The van der Waals surface area contributed by atoms with Gasteiger partial charge < -0.3 is 10.2 Å². The molecule has 2 fully saturated rings. The molecule has 6 heteroatoms. The molecule has 1 saturated heterocycles. The standard InChI is InChI=1S/C23H25N5O/c29-23(24-18-8-7-11-20(16-18)27-14-5-2-6-15-27)21-22(17-12-13-17)28(26-25-21)19-9-3-1-4-10-19/h1,3-4,7-11,16-17H,2,5-6,12-15H2,(H,24,29). The topological polar surface area (TPSA) is 63.1 Å². The Morgan fingerprint density at radius 3 is 2.45 bits per heavy atom. The Kier molecular flexibility index (Phi) is 4.76. The average Bonchev–Trinajstić information content (AvgIpc) is 3.52. The second-order valence-electron chi connectivity index (χ2n) is 7.90. The molecule has 2 aliphatic rings. The van der Waals surface area contributed by atoms with Gasteiger partial charge in [0.2, 0.25) is 0 Å². The van der Waals surface area contributed by atoms with Gasteiger partial charge in [-0.2, -0.15) is 0 Å². The number of hydrogen-bond donors (Lipinski definition) is 1. The van der Waals surface area contributed by atoms with Gasteiger partial charge in [-0.25, -0.2) is 4.68 Å². The molecule has 6 nitrogen and oxygen atoms in total. The van der Waals surface area contributed by atoms with E-state index in [1.54, 1.807) is 0 Å². The summed E-state index contributed by atoms with van der Waals surface area (Å²) in [6.45, 7) is 2.16. The summed E-state index contributed by atoms with van der Waals surface area (Å²) in [6, 6.07) is 18.0. The molecule has 1 aromatic heterocycles. The van der Waals surface area contributed by atoms with Crippen molar-refractivity contribution in [2.45, 2.75) is 38.0 Å². The molecular formula is C23H25N5O. The average molecular weight is 387 g/mol. The van der Waals surface area contributed by atoms with Crippen LogP contribution in [-0.2, 0) is 0 Å². The number of anilines is 2. The van der Waals surface area contributed by atoms with E-state index in [0.717, 1.165) is 48.7 Å². The Balaban J connectivity index is 1.40. The van der Waals surface area contributed by atoms with Gasteiger partial charge >= 0.3 is 0 Å². The van der Waals surface area contributed by atoms with Crippen LogP contribution in [0.2, 0.25) is 0 Å². The highest BCUT2D eigenvalue weighted by molar-refractivity contribution is 6.04. The number of piperidine rings is 1.